The summed E-state index contributed by atoms with van der Waals surface area (Å²) in [6.45, 7) is 0.637. The maximum atomic E-state index is 11.3. The van der Waals surface area contributed by atoms with Crippen LogP contribution in [-0.2, 0) is 16.0 Å². The molecule has 1 aromatic carbocycles. The second-order valence-electron chi connectivity index (χ2n) is 5.27. The number of anilines is 1. The van der Waals surface area contributed by atoms with Crippen molar-refractivity contribution in [1.29, 1.82) is 0 Å². The number of carbonyl (C=O) groups is 2. The summed E-state index contributed by atoms with van der Waals surface area (Å²) in [5, 5.41) is 11.4. The zero-order valence-electron chi connectivity index (χ0n) is 12.1. The SMILES string of the molecule is O=C(O)CCCCCCOc1ccc2c(c1)CCC(=O)N2. The third-order valence-corrected chi connectivity index (χ3v) is 3.53. The minimum atomic E-state index is -0.729. The van der Waals surface area contributed by atoms with Crippen molar-refractivity contribution < 1.29 is 19.4 Å². The highest BCUT2D eigenvalue weighted by atomic mass is 16.5. The van der Waals surface area contributed by atoms with Crippen LogP contribution in [0, 0.1) is 0 Å². The van der Waals surface area contributed by atoms with E-state index in [2.05, 4.69) is 5.32 Å². The summed E-state index contributed by atoms with van der Waals surface area (Å²) >= 11 is 0. The van der Waals surface area contributed by atoms with E-state index >= 15 is 0 Å². The molecule has 1 aliphatic heterocycles. The first kappa shape index (κ1) is 15.4. The molecule has 0 bridgehead atoms. The van der Waals surface area contributed by atoms with Crippen LogP contribution in [0.25, 0.3) is 0 Å². The molecule has 0 fully saturated rings. The van der Waals surface area contributed by atoms with Gasteiger partial charge in [-0.05, 0) is 43.0 Å². The lowest BCUT2D eigenvalue weighted by atomic mass is 10.0. The molecule has 2 N–H and O–H groups in total. The third kappa shape index (κ3) is 5.10. The summed E-state index contributed by atoms with van der Waals surface area (Å²) in [6, 6.07) is 5.74. The molecule has 0 saturated heterocycles. The van der Waals surface area contributed by atoms with Crippen molar-refractivity contribution in [1.82, 2.24) is 0 Å². The quantitative estimate of drug-likeness (QED) is 0.722. The van der Waals surface area contributed by atoms with E-state index in [9.17, 15) is 9.59 Å². The highest BCUT2D eigenvalue weighted by Gasteiger charge is 2.14. The molecular weight excluding hydrogens is 270 g/mol. The number of amides is 1. The fourth-order valence-electron chi connectivity index (χ4n) is 2.37. The largest absolute Gasteiger partial charge is 0.494 e. The zero-order valence-corrected chi connectivity index (χ0v) is 12.1. The first-order chi connectivity index (χ1) is 10.1. The van der Waals surface area contributed by atoms with Crippen LogP contribution in [0.5, 0.6) is 5.75 Å². The Balaban J connectivity index is 1.67. The molecule has 1 aliphatic rings. The number of ether oxygens (including phenoxy) is 1. The Morgan fingerprint density at radius 2 is 2.00 bits per heavy atom. The summed E-state index contributed by atoms with van der Waals surface area (Å²) in [5.41, 5.74) is 2.00. The number of fused-ring (bicyclic) bond motifs is 1. The van der Waals surface area contributed by atoms with Crippen molar-refractivity contribution in [3.8, 4) is 5.75 Å². The van der Waals surface area contributed by atoms with E-state index in [0.29, 0.717) is 13.0 Å². The third-order valence-electron chi connectivity index (χ3n) is 3.53. The minimum absolute atomic E-state index is 0.0672. The molecule has 114 valence electrons. The van der Waals surface area contributed by atoms with E-state index in [1.807, 2.05) is 18.2 Å². The van der Waals surface area contributed by atoms with E-state index in [4.69, 9.17) is 9.84 Å². The van der Waals surface area contributed by atoms with Gasteiger partial charge in [0.25, 0.3) is 0 Å². The Hall–Kier alpha value is -2.04. The Kier molecular flexibility index (Phi) is 5.60. The highest BCUT2D eigenvalue weighted by molar-refractivity contribution is 5.93. The minimum Gasteiger partial charge on any atom is -0.494 e. The summed E-state index contributed by atoms with van der Waals surface area (Å²) in [7, 11) is 0. The van der Waals surface area contributed by atoms with Crippen LogP contribution in [0.15, 0.2) is 18.2 Å². The lowest BCUT2D eigenvalue weighted by Gasteiger charge is -2.17. The van der Waals surface area contributed by atoms with E-state index in [1.165, 1.54) is 0 Å². The Labute approximate surface area is 124 Å². The van der Waals surface area contributed by atoms with Crippen molar-refractivity contribution in [3.63, 3.8) is 0 Å². The van der Waals surface area contributed by atoms with Crippen LogP contribution >= 0.6 is 0 Å². The molecule has 0 saturated carbocycles. The normalized spacial score (nSPS) is 13.4. The second kappa shape index (κ2) is 7.67. The lowest BCUT2D eigenvalue weighted by molar-refractivity contribution is -0.137. The van der Waals surface area contributed by atoms with Crippen molar-refractivity contribution >= 4 is 17.6 Å². The van der Waals surface area contributed by atoms with E-state index in [0.717, 1.165) is 49.1 Å². The first-order valence-electron chi connectivity index (χ1n) is 7.42. The van der Waals surface area contributed by atoms with Gasteiger partial charge >= 0.3 is 5.97 Å². The molecule has 0 radical (unpaired) electrons. The lowest BCUT2D eigenvalue weighted by Crippen LogP contribution is -2.18. The topological polar surface area (TPSA) is 75.6 Å². The van der Waals surface area contributed by atoms with Gasteiger partial charge in [-0.15, -0.1) is 0 Å². The van der Waals surface area contributed by atoms with Crippen molar-refractivity contribution in [2.24, 2.45) is 0 Å². The maximum Gasteiger partial charge on any atom is 0.303 e. The summed E-state index contributed by atoms with van der Waals surface area (Å²) in [6.07, 6.45) is 5.09. The van der Waals surface area contributed by atoms with Crippen LogP contribution in [0.1, 0.15) is 44.1 Å². The van der Waals surface area contributed by atoms with Crippen LogP contribution in [0.4, 0.5) is 5.69 Å². The van der Waals surface area contributed by atoms with Crippen LogP contribution in [-0.4, -0.2) is 23.6 Å². The fraction of sp³-hybridized carbons (Fsp3) is 0.500. The van der Waals surface area contributed by atoms with Gasteiger partial charge in [0.2, 0.25) is 5.91 Å². The molecule has 21 heavy (non-hydrogen) atoms. The molecule has 1 aromatic rings. The fourth-order valence-corrected chi connectivity index (χ4v) is 2.37. The monoisotopic (exact) mass is 291 g/mol. The predicted octanol–water partition coefficient (Wildman–Crippen LogP) is 2.99. The average Bonchev–Trinajstić information content (AvgIpc) is 2.46. The number of benzene rings is 1. The van der Waals surface area contributed by atoms with Gasteiger partial charge in [-0.2, -0.15) is 0 Å². The van der Waals surface area contributed by atoms with Crippen molar-refractivity contribution in [3.05, 3.63) is 23.8 Å². The van der Waals surface area contributed by atoms with Gasteiger partial charge in [-0.3, -0.25) is 9.59 Å². The summed E-state index contributed by atoms with van der Waals surface area (Å²) in [4.78, 5) is 21.6. The number of unbranched alkanes of at least 4 members (excludes halogenated alkanes) is 3. The molecule has 0 atom stereocenters. The van der Waals surface area contributed by atoms with Gasteiger partial charge in [-0.1, -0.05) is 12.8 Å². The molecule has 0 unspecified atom stereocenters. The van der Waals surface area contributed by atoms with Crippen LogP contribution in [0.2, 0.25) is 0 Å². The van der Waals surface area contributed by atoms with Crippen molar-refractivity contribution in [2.45, 2.75) is 44.9 Å². The molecule has 0 aliphatic carbocycles. The number of aliphatic carboxylic acids is 1. The van der Waals surface area contributed by atoms with E-state index in [1.54, 1.807) is 0 Å². The smallest absolute Gasteiger partial charge is 0.303 e. The van der Waals surface area contributed by atoms with E-state index in [-0.39, 0.29) is 12.3 Å². The Bertz CT molecular complexity index is 513. The standard InChI is InChI=1S/C16H21NO4/c18-15-9-6-12-11-13(7-8-14(12)17-15)21-10-4-2-1-3-5-16(19)20/h7-8,11H,1-6,9-10H2,(H,17,18)(H,19,20). The summed E-state index contributed by atoms with van der Waals surface area (Å²) in [5.74, 6) is 0.167. The van der Waals surface area contributed by atoms with Crippen LogP contribution in [0.3, 0.4) is 0 Å². The number of nitrogens with one attached hydrogen (secondary N) is 1. The number of carbonyl (C=O) groups excluding carboxylic acids is 1. The summed E-state index contributed by atoms with van der Waals surface area (Å²) < 4.78 is 5.70. The Morgan fingerprint density at radius 3 is 2.81 bits per heavy atom. The number of hydrogen-bond donors (Lipinski definition) is 2. The first-order valence-corrected chi connectivity index (χ1v) is 7.42. The highest BCUT2D eigenvalue weighted by Crippen LogP contribution is 2.26. The predicted molar refractivity (Wildman–Crippen MR) is 79.6 cm³/mol. The zero-order chi connectivity index (χ0) is 15.1. The van der Waals surface area contributed by atoms with Gasteiger partial charge in [0.05, 0.1) is 6.61 Å². The van der Waals surface area contributed by atoms with Crippen molar-refractivity contribution in [2.75, 3.05) is 11.9 Å². The molecule has 1 amide bonds. The number of rotatable bonds is 8. The van der Waals surface area contributed by atoms with E-state index < -0.39 is 5.97 Å². The molecular formula is C16H21NO4. The van der Waals surface area contributed by atoms with Gasteiger partial charge in [0, 0.05) is 18.5 Å². The van der Waals surface area contributed by atoms with Gasteiger partial charge in [0.1, 0.15) is 5.75 Å². The van der Waals surface area contributed by atoms with Gasteiger partial charge in [0.15, 0.2) is 0 Å². The molecule has 5 nitrogen and oxygen atoms in total. The molecule has 0 spiro atoms. The van der Waals surface area contributed by atoms with Crippen LogP contribution < -0.4 is 10.1 Å². The number of carboxylic acid groups (broad SMARTS) is 1. The van der Waals surface area contributed by atoms with Gasteiger partial charge < -0.3 is 15.2 Å². The van der Waals surface area contributed by atoms with Gasteiger partial charge in [-0.25, -0.2) is 0 Å². The molecule has 0 aromatic heterocycles. The maximum absolute atomic E-state index is 11.3. The number of aryl methyl sites for hydroxylation is 1. The number of hydrogen-bond acceptors (Lipinski definition) is 3. The molecule has 1 heterocycles. The average molecular weight is 291 g/mol. The Morgan fingerprint density at radius 1 is 1.19 bits per heavy atom. The number of carboxylic acids is 1. The molecule has 2 rings (SSSR count). The second-order valence-corrected chi connectivity index (χ2v) is 5.27. The molecule has 5 heteroatoms.